The number of piperidine rings is 1. The zero-order valence-corrected chi connectivity index (χ0v) is 11.3. The Labute approximate surface area is 113 Å². The van der Waals surface area contributed by atoms with E-state index in [0.717, 1.165) is 25.9 Å². The summed E-state index contributed by atoms with van der Waals surface area (Å²) in [7, 11) is 1.73. The molecule has 0 spiro atoms. The largest absolute Gasteiger partial charge is 0.380 e. The molecule has 1 fully saturated rings. The summed E-state index contributed by atoms with van der Waals surface area (Å²) in [5.41, 5.74) is 0.610. The van der Waals surface area contributed by atoms with Gasteiger partial charge in [-0.05, 0) is 31.5 Å². The molecule has 1 atom stereocenters. The lowest BCUT2D eigenvalue weighted by atomic mass is 10.1. The number of carbonyl (C=O) groups excluding carboxylic acids is 1. The number of ether oxygens (including phenoxy) is 1. The quantitative estimate of drug-likeness (QED) is 0.786. The first-order valence-electron chi connectivity index (χ1n) is 6.23. The van der Waals surface area contributed by atoms with Gasteiger partial charge >= 0.3 is 0 Å². The van der Waals surface area contributed by atoms with Gasteiger partial charge in [0.2, 0.25) is 0 Å². The van der Waals surface area contributed by atoms with Gasteiger partial charge < -0.3 is 4.74 Å². The van der Waals surface area contributed by atoms with E-state index < -0.39 is 0 Å². The number of benzene rings is 1. The van der Waals surface area contributed by atoms with E-state index in [1.54, 1.807) is 19.2 Å². The Kier molecular flexibility index (Phi) is 4.75. The second-order valence-corrected chi connectivity index (χ2v) is 5.05. The topological polar surface area (TPSA) is 29.5 Å². The van der Waals surface area contributed by atoms with E-state index in [1.165, 1.54) is 0 Å². The summed E-state index contributed by atoms with van der Waals surface area (Å²) < 4.78 is 5.35. The van der Waals surface area contributed by atoms with Crippen LogP contribution >= 0.6 is 11.6 Å². The van der Waals surface area contributed by atoms with Crippen LogP contribution in [-0.4, -0.2) is 43.5 Å². The summed E-state index contributed by atoms with van der Waals surface area (Å²) in [6.07, 6.45) is 2.40. The molecule has 3 nitrogen and oxygen atoms in total. The van der Waals surface area contributed by atoms with Crippen LogP contribution in [0.4, 0.5) is 0 Å². The molecule has 18 heavy (non-hydrogen) atoms. The van der Waals surface area contributed by atoms with Crippen molar-refractivity contribution in [3.8, 4) is 0 Å². The number of Topliss-reactive ketones (excluding diaryl/α,β-unsaturated/α-hetero) is 1. The van der Waals surface area contributed by atoms with Crippen LogP contribution in [0, 0.1) is 0 Å². The number of halogens is 1. The van der Waals surface area contributed by atoms with Crippen LogP contribution in [0.5, 0.6) is 0 Å². The Morgan fingerprint density at radius 1 is 1.50 bits per heavy atom. The highest BCUT2D eigenvalue weighted by Crippen LogP contribution is 2.18. The number of hydrogen-bond acceptors (Lipinski definition) is 3. The molecule has 1 aliphatic heterocycles. The second kappa shape index (κ2) is 6.32. The fourth-order valence-electron chi connectivity index (χ4n) is 2.32. The van der Waals surface area contributed by atoms with E-state index in [1.807, 2.05) is 12.1 Å². The molecular formula is C14H18ClNO2. The zero-order chi connectivity index (χ0) is 13.0. The van der Waals surface area contributed by atoms with Crippen molar-refractivity contribution >= 4 is 17.4 Å². The highest BCUT2D eigenvalue weighted by molar-refractivity contribution is 6.34. The van der Waals surface area contributed by atoms with Gasteiger partial charge in [-0.3, -0.25) is 9.69 Å². The smallest absolute Gasteiger partial charge is 0.178 e. The molecular weight excluding hydrogens is 250 g/mol. The van der Waals surface area contributed by atoms with Gasteiger partial charge in [-0.2, -0.15) is 0 Å². The van der Waals surface area contributed by atoms with Crippen LogP contribution in [0.2, 0.25) is 5.02 Å². The number of hydrogen-bond donors (Lipinski definition) is 0. The van der Waals surface area contributed by atoms with Gasteiger partial charge in [-0.1, -0.05) is 23.7 Å². The van der Waals surface area contributed by atoms with Gasteiger partial charge in [0.25, 0.3) is 0 Å². The molecule has 1 saturated heterocycles. The number of likely N-dealkylation sites (tertiary alicyclic amines) is 1. The van der Waals surface area contributed by atoms with Crippen molar-refractivity contribution in [2.45, 2.75) is 18.9 Å². The van der Waals surface area contributed by atoms with Crippen LogP contribution in [0.3, 0.4) is 0 Å². The number of rotatable bonds is 4. The molecule has 1 aliphatic rings. The lowest BCUT2D eigenvalue weighted by Gasteiger charge is -2.31. The summed E-state index contributed by atoms with van der Waals surface area (Å²) in [6.45, 7) is 2.20. The normalized spacial score (nSPS) is 20.9. The Hall–Kier alpha value is -0.900. The predicted molar refractivity (Wildman–Crippen MR) is 72.3 cm³/mol. The summed E-state index contributed by atoms with van der Waals surface area (Å²) in [5, 5.41) is 0.530. The van der Waals surface area contributed by atoms with Gasteiger partial charge in [-0.15, -0.1) is 0 Å². The van der Waals surface area contributed by atoms with E-state index >= 15 is 0 Å². The minimum Gasteiger partial charge on any atom is -0.380 e. The van der Waals surface area contributed by atoms with Crippen molar-refractivity contribution in [3.63, 3.8) is 0 Å². The first kappa shape index (κ1) is 13.5. The number of ketones is 1. The summed E-state index contributed by atoms with van der Waals surface area (Å²) in [4.78, 5) is 14.3. The standard InChI is InChI=1S/C14H18ClNO2/c1-18-11-5-4-8-16(9-11)10-14(17)12-6-2-3-7-13(12)15/h2-3,6-7,11H,4-5,8-10H2,1H3. The van der Waals surface area contributed by atoms with Gasteiger partial charge in [0.1, 0.15) is 0 Å². The third-order valence-electron chi connectivity index (χ3n) is 3.34. The number of carbonyl (C=O) groups is 1. The Balaban J connectivity index is 1.97. The van der Waals surface area contributed by atoms with Gasteiger partial charge in [0.05, 0.1) is 17.7 Å². The molecule has 0 aliphatic carbocycles. The lowest BCUT2D eigenvalue weighted by Crippen LogP contribution is -2.41. The monoisotopic (exact) mass is 267 g/mol. The number of nitrogens with zero attached hydrogens (tertiary/aromatic N) is 1. The van der Waals surface area contributed by atoms with E-state index in [2.05, 4.69) is 4.90 Å². The second-order valence-electron chi connectivity index (χ2n) is 4.64. The minimum atomic E-state index is 0.0809. The van der Waals surface area contributed by atoms with Crippen LogP contribution in [-0.2, 0) is 4.74 Å². The molecule has 2 rings (SSSR count). The summed E-state index contributed by atoms with van der Waals surface area (Å²) in [5.74, 6) is 0.0809. The maximum absolute atomic E-state index is 12.2. The molecule has 0 N–H and O–H groups in total. The maximum Gasteiger partial charge on any atom is 0.178 e. The molecule has 1 heterocycles. The van der Waals surface area contributed by atoms with Gasteiger partial charge in [0.15, 0.2) is 5.78 Å². The third kappa shape index (κ3) is 3.31. The van der Waals surface area contributed by atoms with Crippen molar-refractivity contribution in [2.24, 2.45) is 0 Å². The summed E-state index contributed by atoms with van der Waals surface area (Å²) >= 11 is 6.03. The molecule has 0 amide bonds. The molecule has 1 unspecified atom stereocenters. The molecule has 0 bridgehead atoms. The fraction of sp³-hybridized carbons (Fsp3) is 0.500. The van der Waals surface area contributed by atoms with E-state index in [9.17, 15) is 4.79 Å². The molecule has 0 saturated carbocycles. The Bertz CT molecular complexity index is 422. The first-order chi connectivity index (χ1) is 8.70. The van der Waals surface area contributed by atoms with E-state index in [4.69, 9.17) is 16.3 Å². The molecule has 1 aromatic carbocycles. The third-order valence-corrected chi connectivity index (χ3v) is 3.67. The highest BCUT2D eigenvalue weighted by Gasteiger charge is 2.22. The average Bonchev–Trinajstić information content (AvgIpc) is 2.39. The molecule has 1 aromatic rings. The van der Waals surface area contributed by atoms with Gasteiger partial charge in [0, 0.05) is 19.2 Å². The average molecular weight is 268 g/mol. The van der Waals surface area contributed by atoms with Gasteiger partial charge in [-0.25, -0.2) is 0 Å². The Morgan fingerprint density at radius 2 is 2.28 bits per heavy atom. The van der Waals surface area contributed by atoms with Crippen LogP contribution in [0.25, 0.3) is 0 Å². The molecule has 98 valence electrons. The van der Waals surface area contributed by atoms with Crippen molar-refractivity contribution in [3.05, 3.63) is 34.9 Å². The molecule has 0 aromatic heterocycles. The predicted octanol–water partition coefficient (Wildman–Crippen LogP) is 2.63. The van der Waals surface area contributed by atoms with E-state index in [0.29, 0.717) is 17.1 Å². The molecule has 0 radical (unpaired) electrons. The first-order valence-corrected chi connectivity index (χ1v) is 6.61. The summed E-state index contributed by atoms with van der Waals surface area (Å²) in [6, 6.07) is 7.21. The van der Waals surface area contributed by atoms with Crippen molar-refractivity contribution in [1.82, 2.24) is 4.90 Å². The van der Waals surface area contributed by atoms with E-state index in [-0.39, 0.29) is 11.9 Å². The zero-order valence-electron chi connectivity index (χ0n) is 10.6. The van der Waals surface area contributed by atoms with Crippen molar-refractivity contribution < 1.29 is 9.53 Å². The van der Waals surface area contributed by atoms with Crippen molar-refractivity contribution in [2.75, 3.05) is 26.7 Å². The van der Waals surface area contributed by atoms with Crippen LogP contribution in [0.15, 0.2) is 24.3 Å². The SMILES string of the molecule is COC1CCCN(CC(=O)c2ccccc2Cl)C1. The highest BCUT2D eigenvalue weighted by atomic mass is 35.5. The Morgan fingerprint density at radius 3 is 3.00 bits per heavy atom. The lowest BCUT2D eigenvalue weighted by molar-refractivity contribution is 0.0314. The minimum absolute atomic E-state index is 0.0809. The van der Waals surface area contributed by atoms with Crippen LogP contribution < -0.4 is 0 Å². The number of methoxy groups -OCH3 is 1. The van der Waals surface area contributed by atoms with Crippen molar-refractivity contribution in [1.29, 1.82) is 0 Å². The molecule has 4 heteroatoms. The maximum atomic E-state index is 12.2. The fourth-order valence-corrected chi connectivity index (χ4v) is 2.57. The van der Waals surface area contributed by atoms with Crippen LogP contribution in [0.1, 0.15) is 23.2 Å².